The highest BCUT2D eigenvalue weighted by Gasteiger charge is 2.25. The summed E-state index contributed by atoms with van der Waals surface area (Å²) in [6, 6.07) is 17.0. The van der Waals surface area contributed by atoms with Crippen molar-refractivity contribution in [1.82, 2.24) is 20.0 Å². The summed E-state index contributed by atoms with van der Waals surface area (Å²) in [6.07, 6.45) is 0. The molecule has 144 valence electrons. The molecule has 7 heteroatoms. The fourth-order valence-corrected chi connectivity index (χ4v) is 3.31. The fourth-order valence-electron chi connectivity index (χ4n) is 3.31. The molecule has 3 aromatic rings. The number of hydrogen-bond donors (Lipinski definition) is 0. The zero-order valence-corrected chi connectivity index (χ0v) is 15.7. The molecule has 0 radical (unpaired) electrons. The van der Waals surface area contributed by atoms with E-state index in [1.165, 1.54) is 0 Å². The average Bonchev–Trinajstić information content (AvgIpc) is 3.23. The molecule has 1 amide bonds. The third-order valence-electron chi connectivity index (χ3n) is 4.84. The quantitative estimate of drug-likeness (QED) is 0.680. The fraction of sp³-hybridized carbons (Fsp3) is 0.286. The second-order valence-corrected chi connectivity index (χ2v) is 6.64. The highest BCUT2D eigenvalue weighted by atomic mass is 16.5. The summed E-state index contributed by atoms with van der Waals surface area (Å²) < 4.78 is 11.1. The molecule has 0 N–H and O–H groups in total. The van der Waals surface area contributed by atoms with Crippen LogP contribution in [0.5, 0.6) is 5.75 Å². The van der Waals surface area contributed by atoms with Crippen molar-refractivity contribution in [3.63, 3.8) is 0 Å². The molecule has 0 atom stereocenters. The highest BCUT2D eigenvalue weighted by Crippen LogP contribution is 2.21. The maximum Gasteiger partial charge on any atom is 0.257 e. The molecule has 28 heavy (non-hydrogen) atoms. The van der Waals surface area contributed by atoms with Gasteiger partial charge in [0.2, 0.25) is 11.8 Å². The van der Waals surface area contributed by atoms with Crippen molar-refractivity contribution in [1.29, 1.82) is 0 Å². The van der Waals surface area contributed by atoms with Crippen LogP contribution in [0, 0.1) is 0 Å². The van der Waals surface area contributed by atoms with Crippen LogP contribution in [0.2, 0.25) is 0 Å². The predicted octanol–water partition coefficient (Wildman–Crippen LogP) is 2.70. The van der Waals surface area contributed by atoms with Gasteiger partial charge in [-0.15, -0.1) is 10.2 Å². The summed E-state index contributed by atoms with van der Waals surface area (Å²) >= 11 is 0. The van der Waals surface area contributed by atoms with Crippen LogP contribution in [0.4, 0.5) is 0 Å². The van der Waals surface area contributed by atoms with Crippen LogP contribution >= 0.6 is 0 Å². The molecule has 1 fully saturated rings. The molecule has 0 bridgehead atoms. The molecule has 2 heterocycles. The smallest absolute Gasteiger partial charge is 0.257 e. The Morgan fingerprint density at radius 3 is 2.46 bits per heavy atom. The van der Waals surface area contributed by atoms with E-state index in [0.29, 0.717) is 42.7 Å². The van der Waals surface area contributed by atoms with Crippen molar-refractivity contribution in [3.8, 4) is 17.2 Å². The second-order valence-electron chi connectivity index (χ2n) is 6.64. The van der Waals surface area contributed by atoms with Crippen LogP contribution < -0.4 is 4.74 Å². The Labute approximate surface area is 163 Å². The molecule has 1 aliphatic rings. The third kappa shape index (κ3) is 3.89. The minimum Gasteiger partial charge on any atom is -0.496 e. The summed E-state index contributed by atoms with van der Waals surface area (Å²) in [6.45, 7) is 3.39. The van der Waals surface area contributed by atoms with Gasteiger partial charge >= 0.3 is 0 Å². The van der Waals surface area contributed by atoms with E-state index >= 15 is 0 Å². The predicted molar refractivity (Wildman–Crippen MR) is 104 cm³/mol. The molecular formula is C21H22N4O3. The van der Waals surface area contributed by atoms with Gasteiger partial charge in [0.15, 0.2) is 0 Å². The van der Waals surface area contributed by atoms with Gasteiger partial charge in [0.1, 0.15) is 5.75 Å². The number of amides is 1. The molecule has 1 aliphatic heterocycles. The largest absolute Gasteiger partial charge is 0.496 e. The molecule has 0 unspecified atom stereocenters. The van der Waals surface area contributed by atoms with Gasteiger partial charge in [-0.05, 0) is 24.3 Å². The van der Waals surface area contributed by atoms with Gasteiger partial charge in [0.25, 0.3) is 5.91 Å². The number of methoxy groups -OCH3 is 1. The zero-order chi connectivity index (χ0) is 19.3. The molecule has 0 spiro atoms. The van der Waals surface area contributed by atoms with Gasteiger partial charge in [0, 0.05) is 31.7 Å². The van der Waals surface area contributed by atoms with Crippen molar-refractivity contribution in [2.24, 2.45) is 0 Å². The number of aromatic nitrogens is 2. The minimum atomic E-state index is 0.00116. The molecular weight excluding hydrogens is 356 g/mol. The van der Waals surface area contributed by atoms with Gasteiger partial charge in [-0.2, -0.15) is 0 Å². The number of rotatable bonds is 5. The number of ether oxygens (including phenoxy) is 1. The molecule has 7 nitrogen and oxygen atoms in total. The summed E-state index contributed by atoms with van der Waals surface area (Å²) in [5.74, 6) is 1.72. The van der Waals surface area contributed by atoms with Crippen LogP contribution in [-0.4, -0.2) is 59.2 Å². The van der Waals surface area contributed by atoms with Crippen molar-refractivity contribution in [2.75, 3.05) is 33.3 Å². The number of benzene rings is 2. The highest BCUT2D eigenvalue weighted by molar-refractivity contribution is 5.97. The Morgan fingerprint density at radius 2 is 1.71 bits per heavy atom. The standard InChI is InChI=1S/C21H22N4O3/c1-27-18-10-6-5-9-17(18)21(26)25-13-11-24(12-14-25)15-19-22-23-20(28-19)16-7-3-2-4-8-16/h2-10H,11-15H2,1H3. The van der Waals surface area contributed by atoms with Crippen molar-refractivity contribution >= 4 is 5.91 Å². The van der Waals surface area contributed by atoms with Crippen LogP contribution in [-0.2, 0) is 6.54 Å². The Bertz CT molecular complexity index is 934. The summed E-state index contributed by atoms with van der Waals surface area (Å²) in [7, 11) is 1.58. The average molecular weight is 378 g/mol. The van der Waals surface area contributed by atoms with Gasteiger partial charge in [0.05, 0.1) is 19.2 Å². The van der Waals surface area contributed by atoms with E-state index in [2.05, 4.69) is 15.1 Å². The Hall–Kier alpha value is -3.19. The first-order valence-electron chi connectivity index (χ1n) is 9.27. The van der Waals surface area contributed by atoms with Gasteiger partial charge < -0.3 is 14.1 Å². The number of nitrogens with zero attached hydrogens (tertiary/aromatic N) is 4. The van der Waals surface area contributed by atoms with E-state index in [0.717, 1.165) is 18.7 Å². The summed E-state index contributed by atoms with van der Waals surface area (Å²) in [4.78, 5) is 16.9. The first kappa shape index (κ1) is 18.2. The molecule has 4 rings (SSSR count). The maximum atomic E-state index is 12.8. The lowest BCUT2D eigenvalue weighted by molar-refractivity contribution is 0.0615. The summed E-state index contributed by atoms with van der Waals surface area (Å²) in [5, 5.41) is 8.29. The van der Waals surface area contributed by atoms with E-state index < -0.39 is 0 Å². The topological polar surface area (TPSA) is 71.7 Å². The number of carbonyl (C=O) groups excluding carboxylic acids is 1. The Kier molecular flexibility index (Phi) is 5.34. The van der Waals surface area contributed by atoms with Crippen LogP contribution in [0.25, 0.3) is 11.5 Å². The van der Waals surface area contributed by atoms with E-state index in [4.69, 9.17) is 9.15 Å². The minimum absolute atomic E-state index is 0.00116. The lowest BCUT2D eigenvalue weighted by atomic mass is 10.1. The zero-order valence-electron chi connectivity index (χ0n) is 15.7. The van der Waals surface area contributed by atoms with Crippen LogP contribution in [0.1, 0.15) is 16.2 Å². The number of carbonyl (C=O) groups is 1. The van der Waals surface area contributed by atoms with Crippen LogP contribution in [0.3, 0.4) is 0 Å². The lowest BCUT2D eigenvalue weighted by Gasteiger charge is -2.34. The van der Waals surface area contributed by atoms with Crippen molar-refractivity contribution in [2.45, 2.75) is 6.54 Å². The number of piperazine rings is 1. The van der Waals surface area contributed by atoms with Crippen LogP contribution in [0.15, 0.2) is 59.0 Å². The third-order valence-corrected chi connectivity index (χ3v) is 4.84. The first-order valence-corrected chi connectivity index (χ1v) is 9.27. The van der Waals surface area contributed by atoms with Crippen molar-refractivity contribution in [3.05, 3.63) is 66.1 Å². The maximum absolute atomic E-state index is 12.8. The molecule has 1 saturated heterocycles. The first-order chi connectivity index (χ1) is 13.7. The van der Waals surface area contributed by atoms with Gasteiger partial charge in [-0.25, -0.2) is 0 Å². The second kappa shape index (κ2) is 8.22. The number of hydrogen-bond acceptors (Lipinski definition) is 6. The molecule has 2 aromatic carbocycles. The Morgan fingerprint density at radius 1 is 1.00 bits per heavy atom. The molecule has 1 aromatic heterocycles. The molecule has 0 saturated carbocycles. The SMILES string of the molecule is COc1ccccc1C(=O)N1CCN(Cc2nnc(-c3ccccc3)o2)CC1. The number of para-hydroxylation sites is 1. The van der Waals surface area contributed by atoms with Gasteiger partial charge in [-0.1, -0.05) is 30.3 Å². The Balaban J connectivity index is 1.35. The van der Waals surface area contributed by atoms with E-state index in [-0.39, 0.29) is 5.91 Å². The van der Waals surface area contributed by atoms with E-state index in [1.807, 2.05) is 53.4 Å². The van der Waals surface area contributed by atoms with E-state index in [9.17, 15) is 4.79 Å². The van der Waals surface area contributed by atoms with E-state index in [1.54, 1.807) is 13.2 Å². The lowest BCUT2D eigenvalue weighted by Crippen LogP contribution is -2.48. The van der Waals surface area contributed by atoms with Crippen molar-refractivity contribution < 1.29 is 13.9 Å². The summed E-state index contributed by atoms with van der Waals surface area (Å²) in [5.41, 5.74) is 1.51. The monoisotopic (exact) mass is 378 g/mol. The normalized spacial score (nSPS) is 14.8. The molecule has 0 aliphatic carbocycles. The van der Waals surface area contributed by atoms with Gasteiger partial charge in [-0.3, -0.25) is 9.69 Å².